The maximum absolute atomic E-state index is 11.4. The average molecular weight is 358 g/mol. The summed E-state index contributed by atoms with van der Waals surface area (Å²) in [7, 11) is 0. The number of nitrogens with one attached hydrogen (secondary N) is 1. The molecule has 22 heavy (non-hydrogen) atoms. The monoisotopic (exact) mass is 357 g/mol. The van der Waals surface area contributed by atoms with Gasteiger partial charge in [0.05, 0.1) is 6.61 Å². The molecule has 1 heterocycles. The lowest BCUT2D eigenvalue weighted by Gasteiger charge is -2.04. The van der Waals surface area contributed by atoms with Crippen molar-refractivity contribution in [3.63, 3.8) is 0 Å². The molecule has 1 amide bonds. The Morgan fingerprint density at radius 1 is 1.41 bits per heavy atom. The van der Waals surface area contributed by atoms with Gasteiger partial charge in [-0.1, -0.05) is 41.3 Å². The van der Waals surface area contributed by atoms with Crippen molar-refractivity contribution in [3.8, 4) is 5.75 Å². The van der Waals surface area contributed by atoms with Gasteiger partial charge in [0.2, 0.25) is 11.0 Å². The number of hydrogen-bond donors (Lipinski definition) is 1. The zero-order chi connectivity index (χ0) is 15.8. The van der Waals surface area contributed by atoms with Gasteiger partial charge in [-0.25, -0.2) is 0 Å². The smallest absolute Gasteiger partial charge is 0.243 e. The number of carbonyl (C=O) groups excluding carboxylic acids is 1. The van der Waals surface area contributed by atoms with E-state index in [1.165, 1.54) is 11.3 Å². The van der Waals surface area contributed by atoms with Crippen LogP contribution in [-0.2, 0) is 4.79 Å². The third kappa shape index (κ3) is 5.82. The molecule has 0 fully saturated rings. The third-order valence-corrected chi connectivity index (χ3v) is 4.78. The molecule has 0 bridgehead atoms. The van der Waals surface area contributed by atoms with Crippen LogP contribution in [0.1, 0.15) is 13.3 Å². The number of anilines is 1. The maximum Gasteiger partial charge on any atom is 0.243 e. The molecule has 118 valence electrons. The lowest BCUT2D eigenvalue weighted by molar-refractivity contribution is -0.115. The first-order chi connectivity index (χ1) is 10.6. The Morgan fingerprint density at radius 3 is 2.91 bits per heavy atom. The van der Waals surface area contributed by atoms with E-state index in [9.17, 15) is 4.79 Å². The first kappa shape index (κ1) is 17.1. The first-order valence-electron chi connectivity index (χ1n) is 6.74. The highest BCUT2D eigenvalue weighted by molar-refractivity contribution is 8.01. The normalized spacial score (nSPS) is 11.9. The van der Waals surface area contributed by atoms with Crippen LogP contribution in [0, 0.1) is 0 Å². The number of amides is 1. The van der Waals surface area contributed by atoms with Gasteiger partial charge in [0.1, 0.15) is 11.1 Å². The molecule has 0 aliphatic heterocycles. The number of nitrogens with zero attached hydrogens (tertiary/aromatic N) is 2. The highest BCUT2D eigenvalue weighted by atomic mass is 35.5. The summed E-state index contributed by atoms with van der Waals surface area (Å²) >= 11 is 8.61. The van der Waals surface area contributed by atoms with Crippen molar-refractivity contribution < 1.29 is 9.53 Å². The Bertz CT molecular complexity index is 593. The number of halogens is 1. The summed E-state index contributed by atoms with van der Waals surface area (Å²) in [5.41, 5.74) is 0. The average Bonchev–Trinajstić information content (AvgIpc) is 2.95. The fourth-order valence-corrected chi connectivity index (χ4v) is 3.24. The van der Waals surface area contributed by atoms with Crippen LogP contribution in [-0.4, -0.2) is 33.8 Å². The SMILES string of the molecule is CC(Cl)C(=O)Nc1nnc(SCCCOc2ccccc2)s1. The molecule has 0 saturated heterocycles. The predicted molar refractivity (Wildman–Crippen MR) is 91.1 cm³/mol. The molecular formula is C14H16ClN3O2S2. The highest BCUT2D eigenvalue weighted by Crippen LogP contribution is 2.26. The van der Waals surface area contributed by atoms with Gasteiger partial charge in [-0.05, 0) is 25.5 Å². The molecule has 0 aliphatic carbocycles. The van der Waals surface area contributed by atoms with Gasteiger partial charge < -0.3 is 4.74 Å². The fourth-order valence-electron chi connectivity index (χ4n) is 1.45. The van der Waals surface area contributed by atoms with E-state index >= 15 is 0 Å². The maximum atomic E-state index is 11.4. The van der Waals surface area contributed by atoms with Crippen molar-refractivity contribution in [2.45, 2.75) is 23.1 Å². The van der Waals surface area contributed by atoms with E-state index < -0.39 is 5.38 Å². The van der Waals surface area contributed by atoms with Gasteiger partial charge in [0.15, 0.2) is 4.34 Å². The van der Waals surface area contributed by atoms with E-state index in [2.05, 4.69) is 15.5 Å². The van der Waals surface area contributed by atoms with Crippen molar-refractivity contribution in [2.24, 2.45) is 0 Å². The van der Waals surface area contributed by atoms with Gasteiger partial charge in [0, 0.05) is 5.75 Å². The summed E-state index contributed by atoms with van der Waals surface area (Å²) in [6, 6.07) is 9.72. The Morgan fingerprint density at radius 2 is 2.18 bits per heavy atom. The molecule has 0 spiro atoms. The fraction of sp³-hybridized carbons (Fsp3) is 0.357. The van der Waals surface area contributed by atoms with Crippen LogP contribution in [0.25, 0.3) is 0 Å². The van der Waals surface area contributed by atoms with Crippen LogP contribution in [0.2, 0.25) is 0 Å². The number of hydrogen-bond acceptors (Lipinski definition) is 6. The number of ether oxygens (including phenoxy) is 1. The lowest BCUT2D eigenvalue weighted by atomic mass is 10.3. The predicted octanol–water partition coefficient (Wildman–Crippen LogP) is 3.67. The number of alkyl halides is 1. The van der Waals surface area contributed by atoms with Crippen LogP contribution >= 0.6 is 34.7 Å². The Kier molecular flexibility index (Phi) is 6.95. The van der Waals surface area contributed by atoms with Crippen LogP contribution in [0.3, 0.4) is 0 Å². The number of rotatable bonds is 8. The van der Waals surface area contributed by atoms with E-state index in [4.69, 9.17) is 16.3 Å². The second-order valence-electron chi connectivity index (χ2n) is 4.34. The number of carbonyl (C=O) groups is 1. The summed E-state index contributed by atoms with van der Waals surface area (Å²) in [5, 5.41) is 10.4. The first-order valence-corrected chi connectivity index (χ1v) is 8.98. The molecule has 0 aliphatic rings. The number of para-hydroxylation sites is 1. The van der Waals surface area contributed by atoms with E-state index in [1.807, 2.05) is 30.3 Å². The molecular weight excluding hydrogens is 342 g/mol. The molecule has 5 nitrogen and oxygen atoms in total. The molecule has 1 unspecified atom stereocenters. The zero-order valence-electron chi connectivity index (χ0n) is 12.0. The van der Waals surface area contributed by atoms with E-state index in [1.54, 1.807) is 18.7 Å². The molecule has 0 saturated carbocycles. The summed E-state index contributed by atoms with van der Waals surface area (Å²) in [6.07, 6.45) is 0.902. The van der Waals surface area contributed by atoms with E-state index in [-0.39, 0.29) is 5.91 Å². The summed E-state index contributed by atoms with van der Waals surface area (Å²) in [4.78, 5) is 11.4. The Hall–Kier alpha value is -1.31. The topological polar surface area (TPSA) is 64.1 Å². The largest absolute Gasteiger partial charge is 0.494 e. The minimum absolute atomic E-state index is 0.273. The van der Waals surface area contributed by atoms with Crippen molar-refractivity contribution >= 4 is 45.7 Å². The highest BCUT2D eigenvalue weighted by Gasteiger charge is 2.12. The number of aromatic nitrogens is 2. The van der Waals surface area contributed by atoms with Crippen LogP contribution < -0.4 is 10.1 Å². The van der Waals surface area contributed by atoms with Crippen LogP contribution in [0.5, 0.6) is 5.75 Å². The summed E-state index contributed by atoms with van der Waals surface area (Å²) < 4.78 is 6.43. The standard InChI is InChI=1S/C14H16ClN3O2S2/c1-10(15)12(19)16-13-17-18-14(22-13)21-9-5-8-20-11-6-3-2-4-7-11/h2-4,6-7,10H,5,8-9H2,1H3,(H,16,17,19). The minimum atomic E-state index is -0.588. The molecule has 8 heteroatoms. The van der Waals surface area contributed by atoms with Crippen molar-refractivity contribution in [3.05, 3.63) is 30.3 Å². The second kappa shape index (κ2) is 8.97. The van der Waals surface area contributed by atoms with Gasteiger partial charge in [0.25, 0.3) is 0 Å². The molecule has 2 rings (SSSR count). The number of benzene rings is 1. The quantitative estimate of drug-likeness (QED) is 0.338. The zero-order valence-corrected chi connectivity index (χ0v) is 14.4. The number of thioether (sulfide) groups is 1. The Balaban J connectivity index is 1.65. The minimum Gasteiger partial charge on any atom is -0.494 e. The molecule has 1 aromatic heterocycles. The molecule has 1 atom stereocenters. The second-order valence-corrected chi connectivity index (χ2v) is 7.32. The Labute approximate surface area is 142 Å². The molecule has 1 N–H and O–H groups in total. The summed E-state index contributed by atoms with van der Waals surface area (Å²) in [5.74, 6) is 1.48. The van der Waals surface area contributed by atoms with Gasteiger partial charge in [-0.15, -0.1) is 21.8 Å². The van der Waals surface area contributed by atoms with Crippen molar-refractivity contribution in [1.29, 1.82) is 0 Å². The van der Waals surface area contributed by atoms with Crippen molar-refractivity contribution in [1.82, 2.24) is 10.2 Å². The van der Waals surface area contributed by atoms with Crippen LogP contribution in [0.15, 0.2) is 34.7 Å². The van der Waals surface area contributed by atoms with Crippen molar-refractivity contribution in [2.75, 3.05) is 17.7 Å². The van der Waals surface area contributed by atoms with E-state index in [0.717, 1.165) is 22.3 Å². The molecule has 1 aromatic carbocycles. The summed E-state index contributed by atoms with van der Waals surface area (Å²) in [6.45, 7) is 2.27. The molecule has 0 radical (unpaired) electrons. The lowest BCUT2D eigenvalue weighted by Crippen LogP contribution is -2.20. The van der Waals surface area contributed by atoms with Gasteiger partial charge >= 0.3 is 0 Å². The van der Waals surface area contributed by atoms with E-state index in [0.29, 0.717) is 11.7 Å². The molecule has 2 aromatic rings. The van der Waals surface area contributed by atoms with Crippen LogP contribution in [0.4, 0.5) is 5.13 Å². The third-order valence-electron chi connectivity index (χ3n) is 2.52. The van der Waals surface area contributed by atoms with Gasteiger partial charge in [-0.3, -0.25) is 10.1 Å². The van der Waals surface area contributed by atoms with Gasteiger partial charge in [-0.2, -0.15) is 0 Å².